The van der Waals surface area contributed by atoms with Gasteiger partial charge in [0.2, 0.25) is 11.7 Å². The standard InChI is InChI=1S/C10H16N2O3/c1-6(2)8(13)10(15)12-5-3-4-7(12)9(11)14/h6-7H,3-5H2,1-2H3,(H2,11,14)/t7-/m0/s1. The van der Waals surface area contributed by atoms with E-state index in [4.69, 9.17) is 5.73 Å². The lowest BCUT2D eigenvalue weighted by atomic mass is 10.1. The van der Waals surface area contributed by atoms with Crippen LogP contribution in [-0.2, 0) is 14.4 Å². The molecule has 0 aromatic heterocycles. The van der Waals surface area contributed by atoms with E-state index in [0.29, 0.717) is 13.0 Å². The summed E-state index contributed by atoms with van der Waals surface area (Å²) in [6.07, 6.45) is 1.29. The summed E-state index contributed by atoms with van der Waals surface area (Å²) in [6.45, 7) is 3.77. The van der Waals surface area contributed by atoms with E-state index >= 15 is 0 Å². The zero-order valence-electron chi connectivity index (χ0n) is 9.03. The van der Waals surface area contributed by atoms with Gasteiger partial charge in [-0.2, -0.15) is 0 Å². The highest BCUT2D eigenvalue weighted by molar-refractivity contribution is 6.37. The topological polar surface area (TPSA) is 80.5 Å². The molecule has 0 radical (unpaired) electrons. The summed E-state index contributed by atoms with van der Waals surface area (Å²) in [5, 5.41) is 0. The molecule has 0 spiro atoms. The average molecular weight is 212 g/mol. The number of primary amides is 1. The van der Waals surface area contributed by atoms with E-state index in [-0.39, 0.29) is 5.92 Å². The number of Topliss-reactive ketones (excluding diaryl/α,β-unsaturated/α-hetero) is 1. The number of rotatable bonds is 3. The Balaban J connectivity index is 2.75. The summed E-state index contributed by atoms with van der Waals surface area (Å²) < 4.78 is 0. The highest BCUT2D eigenvalue weighted by Gasteiger charge is 2.36. The van der Waals surface area contributed by atoms with Crippen LogP contribution in [0.5, 0.6) is 0 Å². The van der Waals surface area contributed by atoms with Crippen molar-refractivity contribution in [2.75, 3.05) is 6.54 Å². The Hall–Kier alpha value is -1.39. The van der Waals surface area contributed by atoms with E-state index in [1.165, 1.54) is 4.90 Å². The van der Waals surface area contributed by atoms with Gasteiger partial charge in [-0.15, -0.1) is 0 Å². The predicted molar refractivity (Wildman–Crippen MR) is 53.8 cm³/mol. The largest absolute Gasteiger partial charge is 0.368 e. The van der Waals surface area contributed by atoms with Crippen LogP contribution in [0.1, 0.15) is 26.7 Å². The summed E-state index contributed by atoms with van der Waals surface area (Å²) >= 11 is 0. The van der Waals surface area contributed by atoms with Crippen LogP contribution in [-0.4, -0.2) is 35.1 Å². The lowest BCUT2D eigenvalue weighted by Gasteiger charge is -2.21. The van der Waals surface area contributed by atoms with E-state index in [1.54, 1.807) is 13.8 Å². The van der Waals surface area contributed by atoms with Crippen LogP contribution in [0.25, 0.3) is 0 Å². The lowest BCUT2D eigenvalue weighted by Crippen LogP contribution is -2.47. The molecule has 1 fully saturated rings. The minimum absolute atomic E-state index is 0.341. The summed E-state index contributed by atoms with van der Waals surface area (Å²) in [7, 11) is 0. The molecule has 1 heterocycles. The molecule has 0 saturated carbocycles. The third-order valence-corrected chi connectivity index (χ3v) is 2.58. The smallest absolute Gasteiger partial charge is 0.290 e. The molecule has 1 rings (SSSR count). The summed E-state index contributed by atoms with van der Waals surface area (Å²) in [6, 6.07) is -0.597. The van der Waals surface area contributed by atoms with Crippen LogP contribution in [0.3, 0.4) is 0 Å². The van der Waals surface area contributed by atoms with E-state index in [9.17, 15) is 14.4 Å². The molecule has 0 unspecified atom stereocenters. The molecule has 2 N–H and O–H groups in total. The van der Waals surface area contributed by atoms with Gasteiger partial charge >= 0.3 is 0 Å². The number of ketones is 1. The quantitative estimate of drug-likeness (QED) is 0.651. The summed E-state index contributed by atoms with van der Waals surface area (Å²) in [4.78, 5) is 35.4. The molecule has 15 heavy (non-hydrogen) atoms. The van der Waals surface area contributed by atoms with Crippen molar-refractivity contribution in [2.45, 2.75) is 32.7 Å². The van der Waals surface area contributed by atoms with E-state index < -0.39 is 23.6 Å². The van der Waals surface area contributed by atoms with Crippen LogP contribution in [0.4, 0.5) is 0 Å². The third kappa shape index (κ3) is 2.34. The number of nitrogens with zero attached hydrogens (tertiary/aromatic N) is 1. The molecular weight excluding hydrogens is 196 g/mol. The molecule has 1 aliphatic heterocycles. The molecule has 0 aliphatic carbocycles. The van der Waals surface area contributed by atoms with E-state index in [0.717, 1.165) is 6.42 Å². The number of amides is 2. The molecule has 1 atom stereocenters. The summed E-state index contributed by atoms with van der Waals surface area (Å²) in [5.74, 6) is -1.90. The van der Waals surface area contributed by atoms with Crippen molar-refractivity contribution in [1.29, 1.82) is 0 Å². The van der Waals surface area contributed by atoms with Gasteiger partial charge in [0, 0.05) is 12.5 Å². The van der Waals surface area contributed by atoms with Gasteiger partial charge in [-0.1, -0.05) is 13.8 Å². The molecule has 5 heteroatoms. The number of nitrogens with two attached hydrogens (primary N) is 1. The number of carbonyl (C=O) groups excluding carboxylic acids is 3. The van der Waals surface area contributed by atoms with Gasteiger partial charge in [0.15, 0.2) is 0 Å². The molecule has 0 bridgehead atoms. The van der Waals surface area contributed by atoms with Crippen molar-refractivity contribution in [2.24, 2.45) is 11.7 Å². The van der Waals surface area contributed by atoms with Gasteiger partial charge < -0.3 is 10.6 Å². The van der Waals surface area contributed by atoms with E-state index in [2.05, 4.69) is 0 Å². The fraction of sp³-hybridized carbons (Fsp3) is 0.700. The van der Waals surface area contributed by atoms with Crippen molar-refractivity contribution in [3.05, 3.63) is 0 Å². The molecule has 2 amide bonds. The second-order valence-corrected chi connectivity index (χ2v) is 4.08. The zero-order chi connectivity index (χ0) is 11.6. The Kier molecular flexibility index (Phi) is 3.44. The second kappa shape index (κ2) is 4.42. The van der Waals surface area contributed by atoms with Crippen LogP contribution in [0.15, 0.2) is 0 Å². The Morgan fingerprint density at radius 2 is 1.93 bits per heavy atom. The van der Waals surface area contributed by atoms with Gasteiger partial charge in [-0.05, 0) is 12.8 Å². The highest BCUT2D eigenvalue weighted by Crippen LogP contribution is 2.18. The zero-order valence-corrected chi connectivity index (χ0v) is 9.03. The van der Waals surface area contributed by atoms with Gasteiger partial charge in [-0.25, -0.2) is 0 Å². The molecule has 5 nitrogen and oxygen atoms in total. The van der Waals surface area contributed by atoms with Gasteiger partial charge in [-0.3, -0.25) is 14.4 Å². The average Bonchev–Trinajstić information content (AvgIpc) is 2.63. The van der Waals surface area contributed by atoms with Crippen molar-refractivity contribution in [1.82, 2.24) is 4.90 Å². The molecule has 84 valence electrons. The molecule has 1 saturated heterocycles. The Morgan fingerprint density at radius 1 is 1.33 bits per heavy atom. The van der Waals surface area contributed by atoms with Crippen molar-refractivity contribution >= 4 is 17.6 Å². The maximum absolute atomic E-state index is 11.7. The Morgan fingerprint density at radius 3 is 2.40 bits per heavy atom. The van der Waals surface area contributed by atoms with Crippen LogP contribution < -0.4 is 5.73 Å². The molecular formula is C10H16N2O3. The fourth-order valence-corrected chi connectivity index (χ4v) is 1.69. The van der Waals surface area contributed by atoms with E-state index in [1.807, 2.05) is 0 Å². The normalized spacial score (nSPS) is 20.7. The Labute approximate surface area is 88.6 Å². The molecule has 1 aliphatic rings. The minimum atomic E-state index is -0.597. The number of hydrogen-bond donors (Lipinski definition) is 1. The number of hydrogen-bond acceptors (Lipinski definition) is 3. The van der Waals surface area contributed by atoms with Gasteiger partial charge in [0.1, 0.15) is 6.04 Å². The summed E-state index contributed by atoms with van der Waals surface area (Å²) in [5.41, 5.74) is 5.16. The second-order valence-electron chi connectivity index (χ2n) is 4.08. The maximum atomic E-state index is 11.7. The van der Waals surface area contributed by atoms with Crippen LogP contribution >= 0.6 is 0 Å². The first-order valence-electron chi connectivity index (χ1n) is 5.09. The first-order chi connectivity index (χ1) is 6.95. The lowest BCUT2D eigenvalue weighted by molar-refractivity contribution is -0.148. The van der Waals surface area contributed by atoms with Gasteiger partial charge in [0.05, 0.1) is 0 Å². The maximum Gasteiger partial charge on any atom is 0.290 e. The fourth-order valence-electron chi connectivity index (χ4n) is 1.69. The number of likely N-dealkylation sites (tertiary alicyclic amines) is 1. The molecule has 0 aromatic rings. The first kappa shape index (κ1) is 11.7. The van der Waals surface area contributed by atoms with Crippen LogP contribution in [0, 0.1) is 5.92 Å². The monoisotopic (exact) mass is 212 g/mol. The van der Waals surface area contributed by atoms with Crippen molar-refractivity contribution in [3.8, 4) is 0 Å². The van der Waals surface area contributed by atoms with Gasteiger partial charge in [0.25, 0.3) is 5.91 Å². The van der Waals surface area contributed by atoms with Crippen molar-refractivity contribution < 1.29 is 14.4 Å². The highest BCUT2D eigenvalue weighted by atomic mass is 16.2. The Bertz CT molecular complexity index is 299. The predicted octanol–water partition coefficient (Wildman–Crippen LogP) is -0.312. The first-order valence-corrected chi connectivity index (χ1v) is 5.09. The van der Waals surface area contributed by atoms with Crippen molar-refractivity contribution in [3.63, 3.8) is 0 Å². The SMILES string of the molecule is CC(C)C(=O)C(=O)N1CCC[C@H]1C(N)=O. The third-order valence-electron chi connectivity index (χ3n) is 2.58. The molecule has 0 aromatic carbocycles. The minimum Gasteiger partial charge on any atom is -0.368 e. The number of carbonyl (C=O) groups is 3. The van der Waals surface area contributed by atoms with Crippen LogP contribution in [0.2, 0.25) is 0 Å².